The summed E-state index contributed by atoms with van der Waals surface area (Å²) in [4.78, 5) is 51.8. The zero-order valence-corrected chi connectivity index (χ0v) is 29.6. The van der Waals surface area contributed by atoms with Crippen LogP contribution in [-0.4, -0.2) is 114 Å². The van der Waals surface area contributed by atoms with E-state index in [9.17, 15) is 19.5 Å². The molecule has 13 heteroatoms. The van der Waals surface area contributed by atoms with Crippen LogP contribution in [0, 0.1) is 12.8 Å². The van der Waals surface area contributed by atoms with E-state index in [-0.39, 0.29) is 43.1 Å². The first-order valence-corrected chi connectivity index (χ1v) is 17.7. The Morgan fingerprint density at radius 3 is 2.65 bits per heavy atom. The Kier molecular flexibility index (Phi) is 12.4. The van der Waals surface area contributed by atoms with Crippen LogP contribution in [-0.2, 0) is 27.4 Å². The van der Waals surface area contributed by atoms with Gasteiger partial charge in [-0.15, -0.1) is 11.3 Å². The van der Waals surface area contributed by atoms with E-state index in [2.05, 4.69) is 15.2 Å². The van der Waals surface area contributed by atoms with Crippen molar-refractivity contribution in [2.45, 2.75) is 58.5 Å². The Morgan fingerprint density at radius 2 is 1.94 bits per heavy atom. The number of benzene rings is 2. The summed E-state index contributed by atoms with van der Waals surface area (Å²) in [7, 11) is 2.00. The number of aromatic nitrogens is 1. The summed E-state index contributed by atoms with van der Waals surface area (Å²) < 4.78 is 11.8. The first-order chi connectivity index (χ1) is 23.6. The molecule has 3 amide bonds. The monoisotopic (exact) mass is 692 g/mol. The molecule has 0 unspecified atom stereocenters. The van der Waals surface area contributed by atoms with Crippen molar-refractivity contribution in [2.75, 3.05) is 53.0 Å². The van der Waals surface area contributed by atoms with Gasteiger partial charge in [0.15, 0.2) is 0 Å². The number of nitrogens with one attached hydrogen (secondary N) is 1. The number of nitrogens with two attached hydrogens (primary N) is 1. The van der Waals surface area contributed by atoms with Gasteiger partial charge in [0.05, 0.1) is 35.4 Å². The summed E-state index contributed by atoms with van der Waals surface area (Å²) >= 11 is 1.55. The van der Waals surface area contributed by atoms with E-state index in [0.29, 0.717) is 50.8 Å². The standard InChI is InChI=1S/C36H48N6O6S/c1-23(2)32(42-20-27-7-5-6-8-29(27)35(42)45)36(46)41-21-28(43)18-30(41)34(44)38-19-26-10-9-25(33-24(3)39-22-49-33)17-31(26)48-16-13-40(4)12-15-47-14-11-37/h5-10,17,22-23,28,30,32,43H,11-16,18-21,37H2,1-4H3,(H,38,44)/t28-,30+,32+/m1/s1. The zero-order chi connectivity index (χ0) is 35.1. The second kappa shape index (κ2) is 16.7. The molecule has 12 nitrogen and oxygen atoms in total. The summed E-state index contributed by atoms with van der Waals surface area (Å²) in [6, 6.07) is 11.6. The first-order valence-electron chi connectivity index (χ1n) is 16.9. The molecule has 49 heavy (non-hydrogen) atoms. The smallest absolute Gasteiger partial charge is 0.255 e. The van der Waals surface area contributed by atoms with Gasteiger partial charge in [0.1, 0.15) is 24.4 Å². The molecule has 0 radical (unpaired) electrons. The quantitative estimate of drug-likeness (QED) is 0.193. The summed E-state index contributed by atoms with van der Waals surface area (Å²) in [5, 5.41) is 13.6. The molecule has 2 aliphatic heterocycles. The Hall–Kier alpha value is -3.88. The number of amides is 3. The minimum atomic E-state index is -0.873. The molecule has 3 atom stereocenters. The van der Waals surface area contributed by atoms with Crippen LogP contribution in [0.15, 0.2) is 48.0 Å². The number of carbonyl (C=O) groups is 3. The second-order valence-corrected chi connectivity index (χ2v) is 13.9. The number of fused-ring (bicyclic) bond motifs is 1. The molecule has 4 N–H and O–H groups in total. The van der Waals surface area contributed by atoms with E-state index in [0.717, 1.165) is 33.8 Å². The molecule has 264 valence electrons. The van der Waals surface area contributed by atoms with Gasteiger partial charge < -0.3 is 40.3 Å². The highest BCUT2D eigenvalue weighted by atomic mass is 32.1. The van der Waals surface area contributed by atoms with Crippen LogP contribution in [0.2, 0.25) is 0 Å². The fourth-order valence-corrected chi connectivity index (χ4v) is 7.24. The fraction of sp³-hybridized carbons (Fsp3) is 0.500. The summed E-state index contributed by atoms with van der Waals surface area (Å²) in [6.07, 6.45) is -0.734. The molecule has 2 aromatic carbocycles. The highest BCUT2D eigenvalue weighted by Crippen LogP contribution is 2.33. The summed E-state index contributed by atoms with van der Waals surface area (Å²) in [5.74, 6) is -0.457. The highest BCUT2D eigenvalue weighted by Gasteiger charge is 2.45. The molecule has 2 aliphatic rings. The SMILES string of the molecule is Cc1ncsc1-c1ccc(CNC(=O)[C@@H]2C[C@@H](O)CN2C(=O)[C@H](C(C)C)N2Cc3ccccc3C2=O)c(OCCN(C)CCOCCN)c1. The van der Waals surface area contributed by atoms with E-state index in [4.69, 9.17) is 15.2 Å². The normalized spacial score (nSPS) is 18.0. The number of likely N-dealkylation sites (tertiary alicyclic amines) is 1. The molecule has 3 aromatic rings. The third-order valence-electron chi connectivity index (χ3n) is 9.07. The number of aliphatic hydroxyl groups excluding tert-OH is 1. The van der Waals surface area contributed by atoms with E-state index in [1.165, 1.54) is 4.90 Å². The lowest BCUT2D eigenvalue weighted by atomic mass is 10.0. The van der Waals surface area contributed by atoms with Crippen LogP contribution in [0.3, 0.4) is 0 Å². The van der Waals surface area contributed by atoms with Gasteiger partial charge in [0, 0.05) is 56.8 Å². The average molecular weight is 693 g/mol. The number of hydrogen-bond donors (Lipinski definition) is 3. The molecule has 1 saturated heterocycles. The number of hydrogen-bond acceptors (Lipinski definition) is 10. The van der Waals surface area contributed by atoms with Gasteiger partial charge in [0.2, 0.25) is 11.8 Å². The van der Waals surface area contributed by atoms with Gasteiger partial charge in [0.25, 0.3) is 5.91 Å². The van der Waals surface area contributed by atoms with Gasteiger partial charge >= 0.3 is 0 Å². The van der Waals surface area contributed by atoms with Crippen molar-refractivity contribution in [1.82, 2.24) is 25.0 Å². The number of thiazole rings is 1. The maximum absolute atomic E-state index is 14.1. The van der Waals surface area contributed by atoms with Gasteiger partial charge in [-0.3, -0.25) is 14.4 Å². The van der Waals surface area contributed by atoms with Crippen molar-refractivity contribution in [3.05, 3.63) is 70.4 Å². The maximum Gasteiger partial charge on any atom is 0.255 e. The van der Waals surface area contributed by atoms with E-state index in [1.54, 1.807) is 22.3 Å². The number of rotatable bonds is 16. The van der Waals surface area contributed by atoms with Gasteiger partial charge in [-0.2, -0.15) is 0 Å². The predicted octanol–water partition coefficient (Wildman–Crippen LogP) is 2.66. The second-order valence-electron chi connectivity index (χ2n) is 13.0. The molecular formula is C36H48N6O6S. The van der Waals surface area contributed by atoms with Crippen LogP contribution in [0.25, 0.3) is 10.4 Å². The number of nitrogens with zero attached hydrogens (tertiary/aromatic N) is 4. The fourth-order valence-electron chi connectivity index (χ4n) is 6.44. The lowest BCUT2D eigenvalue weighted by Crippen LogP contribution is -2.55. The van der Waals surface area contributed by atoms with Crippen LogP contribution in [0.5, 0.6) is 5.75 Å². The minimum absolute atomic E-state index is 0.0250. The summed E-state index contributed by atoms with van der Waals surface area (Å²) in [6.45, 7) is 9.71. The highest BCUT2D eigenvalue weighted by molar-refractivity contribution is 7.13. The third kappa shape index (κ3) is 8.65. The van der Waals surface area contributed by atoms with Crippen molar-refractivity contribution >= 4 is 29.1 Å². The maximum atomic E-state index is 14.1. The first kappa shape index (κ1) is 36.4. The number of ether oxygens (including phenoxy) is 2. The number of aliphatic hydroxyl groups is 1. The molecule has 1 fully saturated rings. The van der Waals surface area contributed by atoms with Crippen LogP contribution >= 0.6 is 11.3 Å². The van der Waals surface area contributed by atoms with Gasteiger partial charge in [-0.05, 0) is 43.1 Å². The van der Waals surface area contributed by atoms with Crippen molar-refractivity contribution < 1.29 is 29.0 Å². The lowest BCUT2D eigenvalue weighted by Gasteiger charge is -2.35. The van der Waals surface area contributed by atoms with E-state index < -0.39 is 18.2 Å². The van der Waals surface area contributed by atoms with Crippen molar-refractivity contribution in [3.8, 4) is 16.2 Å². The summed E-state index contributed by atoms with van der Waals surface area (Å²) in [5.41, 5.74) is 11.5. The Bertz CT molecular complexity index is 1610. The van der Waals surface area contributed by atoms with Crippen LogP contribution in [0.1, 0.15) is 47.4 Å². The van der Waals surface area contributed by atoms with Crippen molar-refractivity contribution in [3.63, 3.8) is 0 Å². The Labute approximate surface area is 292 Å². The number of aryl methyl sites for hydroxylation is 1. The number of likely N-dealkylation sites (N-methyl/N-ethyl adjacent to an activating group) is 1. The number of carbonyl (C=O) groups excluding carboxylic acids is 3. The topological polar surface area (TPSA) is 151 Å². The largest absolute Gasteiger partial charge is 0.492 e. The Morgan fingerprint density at radius 1 is 1.16 bits per heavy atom. The third-order valence-corrected chi connectivity index (χ3v) is 10.1. The van der Waals surface area contributed by atoms with Crippen molar-refractivity contribution in [1.29, 1.82) is 0 Å². The Balaban J connectivity index is 1.27. The lowest BCUT2D eigenvalue weighted by molar-refractivity contribution is -0.143. The molecular weight excluding hydrogens is 644 g/mol. The van der Waals surface area contributed by atoms with Gasteiger partial charge in [-0.25, -0.2) is 4.98 Å². The van der Waals surface area contributed by atoms with Crippen LogP contribution in [0.4, 0.5) is 0 Å². The molecule has 0 bridgehead atoms. The van der Waals surface area contributed by atoms with Gasteiger partial charge in [-0.1, -0.05) is 44.2 Å². The van der Waals surface area contributed by atoms with E-state index in [1.807, 2.05) is 69.7 Å². The predicted molar refractivity (Wildman–Crippen MR) is 188 cm³/mol. The molecule has 0 aliphatic carbocycles. The molecule has 0 saturated carbocycles. The van der Waals surface area contributed by atoms with E-state index >= 15 is 0 Å². The molecule has 1 aromatic heterocycles. The van der Waals surface area contributed by atoms with Crippen molar-refractivity contribution in [2.24, 2.45) is 11.7 Å². The average Bonchev–Trinajstić information content (AvgIpc) is 3.79. The van der Waals surface area contributed by atoms with Crippen LogP contribution < -0.4 is 15.8 Å². The molecule has 5 rings (SSSR count). The molecule has 0 spiro atoms. The zero-order valence-electron chi connectivity index (χ0n) is 28.8. The number of β-amino-alcohol motifs (C(OH)–C–C–N with tert-alkyl or cyclic N) is 1. The minimum Gasteiger partial charge on any atom is -0.492 e. The molecule has 3 heterocycles.